The largest absolute Gasteiger partial charge is 0.507 e. The van der Waals surface area contributed by atoms with E-state index in [0.717, 1.165) is 0 Å². The van der Waals surface area contributed by atoms with E-state index in [0.29, 0.717) is 66.8 Å². The maximum atomic E-state index is 14.3. The molecule has 4 N–H and O–H groups in total. The summed E-state index contributed by atoms with van der Waals surface area (Å²) in [5, 5.41) is 45.9. The summed E-state index contributed by atoms with van der Waals surface area (Å²) in [5.41, 5.74) is 2.12. The minimum atomic E-state index is -1.68. The van der Waals surface area contributed by atoms with Crippen LogP contribution in [0.3, 0.4) is 0 Å². The molecule has 0 unspecified atom stereocenters. The molecule has 0 saturated heterocycles. The first-order chi connectivity index (χ1) is 36.4. The SMILES string of the molecule is CC(C)(C)c1cc(CC(=O)OCC(COC(=O)Cc2cc(C(C)(C)C)c(O)c(C(C)(C)C)c2)(COC(=O)Cc2cc(C(C)(C)C)c(O)c(C(C)(C)C)c2)COC(=O)Cc2cc(C(C)(C)C)c(O)c(C(C)(C)C)c2)cc(C(C)(C)C)c1O. The zero-order chi connectivity index (χ0) is 62.2. The molecule has 0 bridgehead atoms. The number of benzene rings is 4. The molecule has 4 aromatic rings. The van der Waals surface area contributed by atoms with Gasteiger partial charge in [0.25, 0.3) is 0 Å². The minimum Gasteiger partial charge on any atom is -0.507 e. The van der Waals surface area contributed by atoms with Crippen molar-refractivity contribution in [1.29, 1.82) is 0 Å². The molecule has 4 aromatic carbocycles. The fourth-order valence-corrected chi connectivity index (χ4v) is 9.81. The van der Waals surface area contributed by atoms with Gasteiger partial charge in [-0.15, -0.1) is 0 Å². The molecule has 0 aromatic heterocycles. The summed E-state index contributed by atoms with van der Waals surface area (Å²) < 4.78 is 24.6. The second-order valence-electron chi connectivity index (χ2n) is 31.0. The average molecular weight is 1120 g/mol. The van der Waals surface area contributed by atoms with Crippen molar-refractivity contribution in [3.63, 3.8) is 0 Å². The number of aromatic hydroxyl groups is 4. The summed E-state index contributed by atoms with van der Waals surface area (Å²) in [6.07, 6.45) is -0.853. The highest BCUT2D eigenvalue weighted by molar-refractivity contribution is 5.76. The van der Waals surface area contributed by atoms with Crippen molar-refractivity contribution in [2.45, 2.75) is 235 Å². The van der Waals surface area contributed by atoms with E-state index in [-0.39, 0.29) is 48.7 Å². The van der Waals surface area contributed by atoms with E-state index in [1.54, 1.807) is 48.5 Å². The van der Waals surface area contributed by atoms with Crippen LogP contribution in [0.5, 0.6) is 23.0 Å². The lowest BCUT2D eigenvalue weighted by molar-refractivity contribution is -0.169. The number of phenolic OH excluding ortho intramolecular Hbond substituents is 4. The normalized spacial score (nSPS) is 13.2. The van der Waals surface area contributed by atoms with Crippen LogP contribution in [-0.2, 0) is 107 Å². The van der Waals surface area contributed by atoms with Gasteiger partial charge in [0.15, 0.2) is 0 Å². The monoisotopic (exact) mass is 1120 g/mol. The Morgan fingerprint density at radius 3 is 0.506 bits per heavy atom. The van der Waals surface area contributed by atoms with Crippen LogP contribution in [0.4, 0.5) is 0 Å². The lowest BCUT2D eigenvalue weighted by atomic mass is 9.78. The molecule has 0 aliphatic heterocycles. The topological polar surface area (TPSA) is 186 Å². The lowest BCUT2D eigenvalue weighted by Crippen LogP contribution is -2.44. The maximum absolute atomic E-state index is 14.3. The standard InChI is InChI=1S/C69H100O12/c1-61(2,3)45-25-41(26-46(57(45)74)62(4,5)6)33-53(70)78-37-69(38-79-54(71)34-42-27-47(63(7,8)9)58(75)48(28-42)64(10,11)12,39-80-55(72)35-43-29-49(65(13,14)15)59(76)50(30-43)66(16,17)18)40-81-56(73)36-44-31-51(67(19,20)21)60(77)52(32-44)68(22,23)24/h25-32,74-77H,33-40H2,1-24H3. The van der Waals surface area contributed by atoms with Gasteiger partial charge in [-0.25, -0.2) is 0 Å². The highest BCUT2D eigenvalue weighted by Crippen LogP contribution is 2.44. The number of hydrogen-bond donors (Lipinski definition) is 4. The van der Waals surface area contributed by atoms with Crippen molar-refractivity contribution in [2.24, 2.45) is 5.41 Å². The number of hydrogen-bond acceptors (Lipinski definition) is 12. The van der Waals surface area contributed by atoms with E-state index in [2.05, 4.69) is 0 Å². The van der Waals surface area contributed by atoms with Crippen LogP contribution in [0.15, 0.2) is 48.5 Å². The van der Waals surface area contributed by atoms with Gasteiger partial charge in [-0.2, -0.15) is 0 Å². The molecule has 0 aliphatic carbocycles. The van der Waals surface area contributed by atoms with Crippen molar-refractivity contribution < 1.29 is 58.6 Å². The fraction of sp³-hybridized carbons (Fsp3) is 0.594. The summed E-state index contributed by atoms with van der Waals surface area (Å²) in [4.78, 5) is 57.2. The van der Waals surface area contributed by atoms with Gasteiger partial charge in [-0.05, 0) is 110 Å². The number of ether oxygens (including phenoxy) is 4. The predicted octanol–water partition coefficient (Wildman–Crippen LogP) is 14.3. The smallest absolute Gasteiger partial charge is 0.310 e. The Labute approximate surface area is 485 Å². The molecule has 0 spiro atoms. The molecule has 0 amide bonds. The fourth-order valence-electron chi connectivity index (χ4n) is 9.81. The third-order valence-electron chi connectivity index (χ3n) is 14.7. The third kappa shape index (κ3) is 18.0. The van der Waals surface area contributed by atoms with Crippen molar-refractivity contribution in [3.8, 4) is 23.0 Å². The number of carbonyl (C=O) groups excluding carboxylic acids is 4. The summed E-state index contributed by atoms with van der Waals surface area (Å²) in [7, 11) is 0. The average Bonchev–Trinajstić information content (AvgIpc) is 3.27. The maximum Gasteiger partial charge on any atom is 0.310 e. The molecule has 0 aliphatic rings. The van der Waals surface area contributed by atoms with Gasteiger partial charge < -0.3 is 39.4 Å². The van der Waals surface area contributed by atoms with Gasteiger partial charge >= 0.3 is 23.9 Å². The molecule has 0 fully saturated rings. The van der Waals surface area contributed by atoms with E-state index in [1.807, 2.05) is 166 Å². The number of phenols is 4. The van der Waals surface area contributed by atoms with Crippen molar-refractivity contribution in [2.75, 3.05) is 26.4 Å². The van der Waals surface area contributed by atoms with Gasteiger partial charge in [-0.3, -0.25) is 19.2 Å². The number of esters is 4. The third-order valence-corrected chi connectivity index (χ3v) is 14.7. The number of rotatable bonds is 16. The van der Waals surface area contributed by atoms with E-state index >= 15 is 0 Å². The summed E-state index contributed by atoms with van der Waals surface area (Å²) in [6, 6.07) is 14.4. The van der Waals surface area contributed by atoms with E-state index in [9.17, 15) is 39.6 Å². The Balaban J connectivity index is 1.87. The number of carbonyl (C=O) groups is 4. The molecule has 4 rings (SSSR count). The van der Waals surface area contributed by atoms with Crippen molar-refractivity contribution in [1.82, 2.24) is 0 Å². The highest BCUT2D eigenvalue weighted by atomic mass is 16.6. The first-order valence-electron chi connectivity index (χ1n) is 28.5. The molecule has 0 heterocycles. The second-order valence-corrected chi connectivity index (χ2v) is 31.0. The predicted molar refractivity (Wildman–Crippen MR) is 323 cm³/mol. The van der Waals surface area contributed by atoms with Gasteiger partial charge in [0.2, 0.25) is 0 Å². The Morgan fingerprint density at radius 1 is 0.272 bits per heavy atom. The second kappa shape index (κ2) is 24.0. The molecule has 12 heteroatoms. The van der Waals surface area contributed by atoms with E-state index in [1.165, 1.54) is 0 Å². The van der Waals surface area contributed by atoms with Crippen LogP contribution < -0.4 is 0 Å². The Kier molecular flexibility index (Phi) is 20.0. The zero-order valence-corrected chi connectivity index (χ0v) is 53.8. The molecule has 0 atom stereocenters. The quantitative estimate of drug-likeness (QED) is 0.0615. The Bertz CT molecular complexity index is 2410. The van der Waals surface area contributed by atoms with Gasteiger partial charge in [0, 0.05) is 0 Å². The van der Waals surface area contributed by atoms with Crippen molar-refractivity contribution >= 4 is 23.9 Å². The van der Waals surface area contributed by atoms with Crippen molar-refractivity contribution in [3.05, 3.63) is 115 Å². The summed E-state index contributed by atoms with van der Waals surface area (Å²) in [5.74, 6) is -2.09. The first kappa shape index (κ1) is 67.5. The summed E-state index contributed by atoms with van der Waals surface area (Å²) >= 11 is 0. The zero-order valence-electron chi connectivity index (χ0n) is 53.8. The molecular formula is C69H100O12. The first-order valence-corrected chi connectivity index (χ1v) is 28.5. The summed E-state index contributed by atoms with van der Waals surface area (Å²) in [6.45, 7) is 45.4. The van der Waals surface area contributed by atoms with Crippen LogP contribution in [0.2, 0.25) is 0 Å². The van der Waals surface area contributed by atoms with Crippen LogP contribution in [0, 0.1) is 5.41 Å². The molecule has 448 valence electrons. The van der Waals surface area contributed by atoms with Crippen LogP contribution in [0.1, 0.15) is 233 Å². The minimum absolute atomic E-state index is 0.154. The van der Waals surface area contributed by atoms with Crippen LogP contribution in [0.25, 0.3) is 0 Å². The Morgan fingerprint density at radius 2 is 0.395 bits per heavy atom. The van der Waals surface area contributed by atoms with Gasteiger partial charge in [0.05, 0.1) is 25.7 Å². The molecular weight excluding hydrogens is 1020 g/mol. The van der Waals surface area contributed by atoms with Crippen LogP contribution >= 0.6 is 0 Å². The van der Waals surface area contributed by atoms with E-state index in [4.69, 9.17) is 18.9 Å². The molecule has 81 heavy (non-hydrogen) atoms. The molecule has 12 nitrogen and oxygen atoms in total. The van der Waals surface area contributed by atoms with E-state index < -0.39 is 99.0 Å². The molecule has 0 radical (unpaired) electrons. The Hall–Kier alpha value is -6.04. The van der Waals surface area contributed by atoms with Crippen LogP contribution in [-0.4, -0.2) is 70.7 Å². The van der Waals surface area contributed by atoms with Gasteiger partial charge in [-0.1, -0.05) is 215 Å². The lowest BCUT2D eigenvalue weighted by Gasteiger charge is -2.32. The highest BCUT2D eigenvalue weighted by Gasteiger charge is 2.40. The van der Waals surface area contributed by atoms with Gasteiger partial charge in [0.1, 0.15) is 54.8 Å². The molecule has 0 saturated carbocycles.